The predicted octanol–water partition coefficient (Wildman–Crippen LogP) is 0.667. The summed E-state index contributed by atoms with van der Waals surface area (Å²) in [5.41, 5.74) is 0. The molecule has 0 radical (unpaired) electrons. The Labute approximate surface area is 111 Å². The number of rotatable bonds is 11. The Morgan fingerprint density at radius 3 is 1.83 bits per heavy atom. The van der Waals surface area contributed by atoms with Gasteiger partial charge in [0.2, 0.25) is 0 Å². The van der Waals surface area contributed by atoms with Gasteiger partial charge < -0.3 is 19.8 Å². The monoisotopic (exact) mass is 259 g/mol. The van der Waals surface area contributed by atoms with Crippen LogP contribution in [-0.2, 0) is 4.79 Å². The van der Waals surface area contributed by atoms with Crippen LogP contribution in [0.4, 0.5) is 0 Å². The Kier molecular flexibility index (Phi) is 9.92. The van der Waals surface area contributed by atoms with Gasteiger partial charge in [-0.25, -0.2) is 0 Å². The largest absolute Gasteiger partial charge is 0.481 e. The molecule has 1 N–H and O–H groups in total. The molecule has 0 saturated carbocycles. The normalized spacial score (nSPS) is 11.7. The van der Waals surface area contributed by atoms with E-state index in [1.165, 1.54) is 0 Å². The molecule has 0 aliphatic rings. The molecule has 18 heavy (non-hydrogen) atoms. The maximum absolute atomic E-state index is 10.6. The number of carboxylic acid groups (broad SMARTS) is 1. The topological polar surface area (TPSA) is 47.0 Å². The zero-order valence-corrected chi connectivity index (χ0v) is 12.4. The van der Waals surface area contributed by atoms with Crippen molar-refractivity contribution in [1.82, 2.24) is 14.7 Å². The van der Waals surface area contributed by atoms with E-state index in [1.807, 2.05) is 14.1 Å². The Morgan fingerprint density at radius 2 is 1.39 bits per heavy atom. The fourth-order valence-electron chi connectivity index (χ4n) is 1.75. The first-order chi connectivity index (χ1) is 8.49. The minimum Gasteiger partial charge on any atom is -0.481 e. The fourth-order valence-corrected chi connectivity index (χ4v) is 1.75. The van der Waals surface area contributed by atoms with Crippen LogP contribution in [0.5, 0.6) is 0 Å². The third-order valence-electron chi connectivity index (χ3n) is 3.13. The molecule has 0 amide bonds. The van der Waals surface area contributed by atoms with E-state index < -0.39 is 5.97 Å². The zero-order chi connectivity index (χ0) is 14.0. The third kappa shape index (κ3) is 9.39. The van der Waals surface area contributed by atoms with Crippen molar-refractivity contribution in [2.24, 2.45) is 0 Å². The minimum atomic E-state index is -0.715. The van der Waals surface area contributed by atoms with Gasteiger partial charge in [-0.2, -0.15) is 0 Å². The summed E-state index contributed by atoms with van der Waals surface area (Å²) in [6, 6.07) is 0. The van der Waals surface area contributed by atoms with E-state index in [0.29, 0.717) is 6.54 Å². The van der Waals surface area contributed by atoms with Crippen molar-refractivity contribution in [2.75, 3.05) is 59.9 Å². The van der Waals surface area contributed by atoms with Crippen molar-refractivity contribution in [3.8, 4) is 0 Å². The van der Waals surface area contributed by atoms with Crippen LogP contribution in [0.1, 0.15) is 20.3 Å². The van der Waals surface area contributed by atoms with Gasteiger partial charge in [0, 0.05) is 32.7 Å². The highest BCUT2D eigenvalue weighted by atomic mass is 16.4. The molecule has 0 saturated heterocycles. The molecular weight excluding hydrogens is 230 g/mol. The van der Waals surface area contributed by atoms with Gasteiger partial charge in [0.25, 0.3) is 0 Å². The minimum absolute atomic E-state index is 0.228. The summed E-state index contributed by atoms with van der Waals surface area (Å²) < 4.78 is 0. The molecule has 0 aromatic heterocycles. The van der Waals surface area contributed by atoms with E-state index in [0.717, 1.165) is 39.3 Å². The summed E-state index contributed by atoms with van der Waals surface area (Å²) in [6.45, 7) is 10.9. The Hall–Kier alpha value is -0.650. The summed E-state index contributed by atoms with van der Waals surface area (Å²) in [7, 11) is 4.08. The summed E-state index contributed by atoms with van der Waals surface area (Å²) in [6.07, 6.45) is 0.228. The molecule has 108 valence electrons. The first-order valence-electron chi connectivity index (χ1n) is 6.80. The van der Waals surface area contributed by atoms with Gasteiger partial charge in [0.05, 0.1) is 6.42 Å². The molecule has 0 aliphatic heterocycles. The summed E-state index contributed by atoms with van der Waals surface area (Å²) in [5.74, 6) is -0.715. The van der Waals surface area contributed by atoms with Gasteiger partial charge in [-0.15, -0.1) is 0 Å². The van der Waals surface area contributed by atoms with Crippen molar-refractivity contribution in [3.05, 3.63) is 0 Å². The lowest BCUT2D eigenvalue weighted by Crippen LogP contribution is -2.39. The van der Waals surface area contributed by atoms with Gasteiger partial charge in [-0.05, 0) is 27.2 Å². The van der Waals surface area contributed by atoms with Crippen LogP contribution in [0, 0.1) is 0 Å². The van der Waals surface area contributed by atoms with Crippen molar-refractivity contribution in [3.63, 3.8) is 0 Å². The van der Waals surface area contributed by atoms with Crippen LogP contribution in [0.3, 0.4) is 0 Å². The fraction of sp³-hybridized carbons (Fsp3) is 0.923. The first-order valence-corrected chi connectivity index (χ1v) is 6.80. The summed E-state index contributed by atoms with van der Waals surface area (Å²) in [4.78, 5) is 17.4. The quantitative estimate of drug-likeness (QED) is 0.591. The lowest BCUT2D eigenvalue weighted by atomic mass is 10.3. The van der Waals surface area contributed by atoms with Crippen molar-refractivity contribution in [2.45, 2.75) is 20.3 Å². The highest BCUT2D eigenvalue weighted by Gasteiger charge is 2.09. The summed E-state index contributed by atoms with van der Waals surface area (Å²) >= 11 is 0. The molecule has 0 aromatic rings. The van der Waals surface area contributed by atoms with Gasteiger partial charge in [-0.3, -0.25) is 4.79 Å². The SMILES string of the molecule is CCN(CC)CCN(CCC(=O)O)CCN(C)C. The van der Waals surface area contributed by atoms with Crippen LogP contribution in [-0.4, -0.2) is 85.7 Å². The molecule has 0 heterocycles. The van der Waals surface area contributed by atoms with E-state index in [9.17, 15) is 4.79 Å². The Bertz CT molecular complexity index is 218. The molecular formula is C13H29N3O2. The lowest BCUT2D eigenvalue weighted by Gasteiger charge is -2.26. The molecule has 0 bridgehead atoms. The first kappa shape index (κ1) is 17.4. The number of nitrogens with zero attached hydrogens (tertiary/aromatic N) is 3. The average Bonchev–Trinajstić information content (AvgIpc) is 2.32. The van der Waals surface area contributed by atoms with E-state index in [2.05, 4.69) is 28.5 Å². The second-order valence-electron chi connectivity index (χ2n) is 4.82. The van der Waals surface area contributed by atoms with Crippen LogP contribution in [0.25, 0.3) is 0 Å². The zero-order valence-electron chi connectivity index (χ0n) is 12.4. The van der Waals surface area contributed by atoms with Crippen molar-refractivity contribution >= 4 is 5.97 Å². The highest BCUT2D eigenvalue weighted by Crippen LogP contribution is 1.95. The number of hydrogen-bond acceptors (Lipinski definition) is 4. The van der Waals surface area contributed by atoms with Crippen LogP contribution < -0.4 is 0 Å². The molecule has 5 heteroatoms. The third-order valence-corrected chi connectivity index (χ3v) is 3.13. The standard InChI is InChI=1S/C13H29N3O2/c1-5-15(6-2)11-12-16(8-7-13(17)18)10-9-14(3)4/h5-12H2,1-4H3,(H,17,18). The Balaban J connectivity index is 4.05. The van der Waals surface area contributed by atoms with E-state index in [4.69, 9.17) is 5.11 Å². The van der Waals surface area contributed by atoms with Crippen LogP contribution >= 0.6 is 0 Å². The van der Waals surface area contributed by atoms with E-state index >= 15 is 0 Å². The molecule has 5 nitrogen and oxygen atoms in total. The maximum atomic E-state index is 10.6. The second-order valence-corrected chi connectivity index (χ2v) is 4.82. The molecule has 0 unspecified atom stereocenters. The number of carboxylic acids is 1. The van der Waals surface area contributed by atoms with Crippen molar-refractivity contribution < 1.29 is 9.90 Å². The molecule has 0 rings (SSSR count). The Morgan fingerprint density at radius 1 is 0.889 bits per heavy atom. The maximum Gasteiger partial charge on any atom is 0.304 e. The predicted molar refractivity (Wildman–Crippen MR) is 75.0 cm³/mol. The molecule has 0 spiro atoms. The van der Waals surface area contributed by atoms with Crippen LogP contribution in [0.2, 0.25) is 0 Å². The second kappa shape index (κ2) is 10.3. The van der Waals surface area contributed by atoms with E-state index in [-0.39, 0.29) is 6.42 Å². The molecule has 0 fully saturated rings. The van der Waals surface area contributed by atoms with Gasteiger partial charge in [0.15, 0.2) is 0 Å². The molecule has 0 atom stereocenters. The average molecular weight is 259 g/mol. The number of carbonyl (C=O) groups is 1. The number of aliphatic carboxylic acids is 1. The smallest absolute Gasteiger partial charge is 0.304 e. The van der Waals surface area contributed by atoms with Gasteiger partial charge in [-0.1, -0.05) is 13.8 Å². The number of likely N-dealkylation sites (N-methyl/N-ethyl adjacent to an activating group) is 2. The number of hydrogen-bond donors (Lipinski definition) is 1. The van der Waals surface area contributed by atoms with Crippen molar-refractivity contribution in [1.29, 1.82) is 0 Å². The molecule has 0 aromatic carbocycles. The highest BCUT2D eigenvalue weighted by molar-refractivity contribution is 5.66. The lowest BCUT2D eigenvalue weighted by molar-refractivity contribution is -0.137. The molecule has 0 aliphatic carbocycles. The van der Waals surface area contributed by atoms with Gasteiger partial charge >= 0.3 is 5.97 Å². The van der Waals surface area contributed by atoms with E-state index in [1.54, 1.807) is 0 Å². The van der Waals surface area contributed by atoms with Gasteiger partial charge in [0.1, 0.15) is 0 Å². The summed E-state index contributed by atoms with van der Waals surface area (Å²) in [5, 5.41) is 8.76. The van der Waals surface area contributed by atoms with Crippen LogP contribution in [0.15, 0.2) is 0 Å².